The lowest BCUT2D eigenvalue weighted by atomic mass is 9.73. The first-order valence-corrected chi connectivity index (χ1v) is 16.3. The first-order chi connectivity index (χ1) is 20.7. The first-order valence-electron chi connectivity index (χ1n) is 16.3. The van der Waals surface area contributed by atoms with Crippen LogP contribution in [0.25, 0.3) is 28.3 Å². The van der Waals surface area contributed by atoms with Gasteiger partial charge in [-0.25, -0.2) is 0 Å². The van der Waals surface area contributed by atoms with Crippen LogP contribution in [0, 0.1) is 0 Å². The lowest BCUT2D eigenvalue weighted by Gasteiger charge is -2.31. The quantitative estimate of drug-likeness (QED) is 0.185. The summed E-state index contributed by atoms with van der Waals surface area (Å²) in [7, 11) is 0. The Labute approximate surface area is 259 Å². The van der Waals surface area contributed by atoms with E-state index in [4.69, 9.17) is 0 Å². The van der Waals surface area contributed by atoms with E-state index in [0.29, 0.717) is 23.7 Å². The van der Waals surface area contributed by atoms with Crippen molar-refractivity contribution in [1.29, 1.82) is 0 Å². The Morgan fingerprint density at radius 1 is 0.535 bits per heavy atom. The highest BCUT2D eigenvalue weighted by Crippen LogP contribution is 2.49. The van der Waals surface area contributed by atoms with Gasteiger partial charge in [-0.2, -0.15) is 0 Å². The Morgan fingerprint density at radius 2 is 1.07 bits per heavy atom. The molecule has 0 atom stereocenters. The maximum absolute atomic E-state index is 2.53. The average Bonchev–Trinajstić information content (AvgIpc) is 3.65. The monoisotopic (exact) mass is 562 g/mol. The fourth-order valence-corrected chi connectivity index (χ4v) is 7.74. The van der Waals surface area contributed by atoms with Crippen LogP contribution in [-0.4, -0.2) is 0 Å². The van der Waals surface area contributed by atoms with Gasteiger partial charge in [-0.1, -0.05) is 146 Å². The van der Waals surface area contributed by atoms with Gasteiger partial charge in [0, 0.05) is 0 Å². The van der Waals surface area contributed by atoms with Crippen LogP contribution in [0.5, 0.6) is 0 Å². The van der Waals surface area contributed by atoms with E-state index in [9.17, 15) is 0 Å². The summed E-state index contributed by atoms with van der Waals surface area (Å²) in [5, 5.41) is 2.72. The molecule has 2 aliphatic rings. The molecule has 0 heteroatoms. The number of benzene rings is 4. The maximum Gasteiger partial charge on any atom is -0.00358 e. The van der Waals surface area contributed by atoms with Crippen molar-refractivity contribution in [3.05, 3.63) is 146 Å². The minimum atomic E-state index is 0.356. The van der Waals surface area contributed by atoms with Gasteiger partial charge in [0.15, 0.2) is 0 Å². The average molecular weight is 563 g/mol. The molecule has 0 saturated carbocycles. The van der Waals surface area contributed by atoms with E-state index in [-0.39, 0.29) is 0 Å². The van der Waals surface area contributed by atoms with Crippen LogP contribution >= 0.6 is 0 Å². The van der Waals surface area contributed by atoms with Crippen LogP contribution in [0.2, 0.25) is 0 Å². The van der Waals surface area contributed by atoms with Gasteiger partial charge in [-0.15, -0.1) is 0 Å². The first kappa shape index (κ1) is 29.2. The van der Waals surface area contributed by atoms with Gasteiger partial charge in [0.1, 0.15) is 0 Å². The van der Waals surface area contributed by atoms with E-state index in [1.807, 2.05) is 0 Å². The van der Waals surface area contributed by atoms with E-state index in [1.165, 1.54) is 60.5 Å². The molecule has 0 fully saturated rings. The summed E-state index contributed by atoms with van der Waals surface area (Å²) in [5.41, 5.74) is 17.4. The van der Waals surface area contributed by atoms with Crippen molar-refractivity contribution in [2.24, 2.45) is 0 Å². The molecule has 0 unspecified atom stereocenters. The molecule has 0 radical (unpaired) electrons. The van der Waals surface area contributed by atoms with Crippen molar-refractivity contribution in [3.63, 3.8) is 0 Å². The highest BCUT2D eigenvalue weighted by atomic mass is 14.4. The molecule has 4 aromatic carbocycles. The largest absolute Gasteiger partial charge is 0.0801 e. The van der Waals surface area contributed by atoms with E-state index in [2.05, 4.69) is 152 Å². The molecule has 0 aliphatic heterocycles. The minimum absolute atomic E-state index is 0.356. The molecule has 6 rings (SSSR count). The molecule has 0 N–H and O–H groups in total. The third-order valence-corrected chi connectivity index (χ3v) is 9.28. The van der Waals surface area contributed by atoms with Crippen molar-refractivity contribution >= 4 is 17.2 Å². The molecule has 0 bridgehead atoms. The van der Waals surface area contributed by atoms with Crippen molar-refractivity contribution in [3.8, 4) is 11.1 Å². The molecule has 43 heavy (non-hydrogen) atoms. The predicted molar refractivity (Wildman–Crippen MR) is 187 cm³/mol. The standard InChI is InChI=1S/C43H46/c1-26(2)36-34(40(30-17-11-9-12-18-30)31-19-13-10-14-20-31)24-23-33-25-35-41(32-21-15-16-22-32)38(28(5)6)37(27(3)4)39(29(7)8)43(35)42(33)36/h9-21,23-29H,22H2,1-8H3. The second-order valence-electron chi connectivity index (χ2n) is 13.6. The van der Waals surface area contributed by atoms with Gasteiger partial charge in [0.05, 0.1) is 0 Å². The van der Waals surface area contributed by atoms with Crippen molar-refractivity contribution < 1.29 is 0 Å². The maximum atomic E-state index is 2.53. The molecule has 0 saturated heterocycles. The fraction of sp³-hybridized carbons (Fsp3) is 0.302. The Kier molecular flexibility index (Phi) is 7.91. The number of rotatable bonds is 7. The highest BCUT2D eigenvalue weighted by Gasteiger charge is 2.33. The summed E-state index contributed by atoms with van der Waals surface area (Å²) in [6.07, 6.45) is 10.5. The lowest BCUT2D eigenvalue weighted by molar-refractivity contribution is 0.746. The number of allylic oxidation sites excluding steroid dienone is 4. The summed E-state index contributed by atoms with van der Waals surface area (Å²) in [6, 6.07) is 26.8. The Hall–Kier alpha value is -3.90. The third-order valence-electron chi connectivity index (χ3n) is 9.28. The van der Waals surface area contributed by atoms with Crippen LogP contribution in [-0.2, 0) is 0 Å². The smallest absolute Gasteiger partial charge is 0.00358 e. The minimum Gasteiger partial charge on any atom is -0.0801 e. The van der Waals surface area contributed by atoms with Gasteiger partial charge in [0.25, 0.3) is 0 Å². The normalized spacial score (nSPS) is 13.6. The summed E-state index contributed by atoms with van der Waals surface area (Å²) >= 11 is 0. The zero-order valence-corrected chi connectivity index (χ0v) is 27.3. The van der Waals surface area contributed by atoms with Crippen LogP contribution in [0.4, 0.5) is 0 Å². The predicted octanol–water partition coefficient (Wildman–Crippen LogP) is 10.6. The number of hydrogen-bond acceptors (Lipinski definition) is 0. The third kappa shape index (κ3) is 4.96. The van der Waals surface area contributed by atoms with Crippen LogP contribution in [0.15, 0.2) is 91.0 Å². The van der Waals surface area contributed by atoms with Gasteiger partial charge in [0.2, 0.25) is 0 Å². The highest BCUT2D eigenvalue weighted by molar-refractivity contribution is 5.96. The molecule has 0 spiro atoms. The molecule has 0 heterocycles. The molecule has 0 amide bonds. The summed E-state index contributed by atoms with van der Waals surface area (Å²) in [4.78, 5) is 0. The van der Waals surface area contributed by atoms with Crippen LogP contribution in [0.3, 0.4) is 0 Å². The van der Waals surface area contributed by atoms with Gasteiger partial charge in [-0.3, -0.25) is 0 Å². The molecule has 4 aromatic rings. The van der Waals surface area contributed by atoms with E-state index in [0.717, 1.165) is 6.42 Å². The molecule has 2 aliphatic carbocycles. The van der Waals surface area contributed by atoms with Gasteiger partial charge < -0.3 is 0 Å². The Balaban J connectivity index is 1.84. The molecule has 218 valence electrons. The number of fused-ring (bicyclic) bond motifs is 3. The van der Waals surface area contributed by atoms with E-state index >= 15 is 0 Å². The fourth-order valence-electron chi connectivity index (χ4n) is 7.74. The molecule has 0 aromatic heterocycles. The van der Waals surface area contributed by atoms with Gasteiger partial charge >= 0.3 is 0 Å². The van der Waals surface area contributed by atoms with E-state index in [1.54, 1.807) is 16.7 Å². The van der Waals surface area contributed by atoms with Crippen molar-refractivity contribution in [1.82, 2.24) is 0 Å². The van der Waals surface area contributed by atoms with Crippen molar-refractivity contribution in [2.45, 2.75) is 85.5 Å². The van der Waals surface area contributed by atoms with Crippen LogP contribution in [0.1, 0.15) is 130 Å². The van der Waals surface area contributed by atoms with Gasteiger partial charge in [-0.05, 0) is 113 Å². The second kappa shape index (κ2) is 11.6. The summed E-state index contributed by atoms with van der Waals surface area (Å²) in [6.45, 7) is 19.2. The Morgan fingerprint density at radius 3 is 1.56 bits per heavy atom. The second-order valence-corrected chi connectivity index (χ2v) is 13.6. The zero-order chi connectivity index (χ0) is 30.4. The Bertz CT molecular complexity index is 1820. The van der Waals surface area contributed by atoms with Crippen LogP contribution < -0.4 is 10.4 Å². The molecule has 0 nitrogen and oxygen atoms in total. The number of hydrogen-bond donors (Lipinski definition) is 0. The SMILES string of the molecule is CC(C)c1c(C2=CC=CC2)c2c(c(C(C)C)c1C(C)C)-c1c(C(C)C)c(=C(c3ccccc3)c3ccccc3)ccc1=C2. The molecular formula is C43H46. The molecular weight excluding hydrogens is 516 g/mol. The zero-order valence-electron chi connectivity index (χ0n) is 27.3. The summed E-state index contributed by atoms with van der Waals surface area (Å²) in [5.74, 6) is 1.67. The lowest BCUT2D eigenvalue weighted by Crippen LogP contribution is -2.22. The topological polar surface area (TPSA) is 0 Å². The summed E-state index contributed by atoms with van der Waals surface area (Å²) < 4.78 is 0. The van der Waals surface area contributed by atoms with E-state index < -0.39 is 0 Å². The van der Waals surface area contributed by atoms with Crippen molar-refractivity contribution in [2.75, 3.05) is 0 Å².